The molecule has 0 aliphatic carbocycles. The Kier molecular flexibility index (Phi) is 18.3. The minimum Gasteiger partial charge on any atom is -0.453 e. The number of imidazole rings is 1. The fourth-order valence-corrected chi connectivity index (χ4v) is 6.56. The molecule has 0 unspecified atom stereocenters. The lowest BCUT2D eigenvalue weighted by atomic mass is 10.2. The molecule has 2 atom stereocenters. The number of methoxy groups -OCH3 is 1. The number of nitrogens with one attached hydrogen (secondary N) is 4. The molecular weight excluding hydrogens is 725 g/mol. The van der Waals surface area contributed by atoms with Crippen LogP contribution in [0.4, 0.5) is 16.3 Å². The maximum atomic E-state index is 12.8. The van der Waals surface area contributed by atoms with Crippen molar-refractivity contribution in [3.05, 3.63) is 73.1 Å². The molecule has 2 saturated heterocycles. The molecule has 5 amide bonds. The van der Waals surface area contributed by atoms with E-state index in [0.29, 0.717) is 25.3 Å². The van der Waals surface area contributed by atoms with E-state index < -0.39 is 12.1 Å². The fourth-order valence-electron chi connectivity index (χ4n) is 5.59. The third-order valence-electron chi connectivity index (χ3n) is 8.24. The summed E-state index contributed by atoms with van der Waals surface area (Å²) in [4.78, 5) is 78.3. The Hall–Kier alpha value is -5.77. The van der Waals surface area contributed by atoms with Crippen LogP contribution in [-0.2, 0) is 28.7 Å². The predicted molar refractivity (Wildman–Crippen MR) is 214 cm³/mol. The van der Waals surface area contributed by atoms with Gasteiger partial charge in [0.2, 0.25) is 23.6 Å². The lowest BCUT2D eigenvalue weighted by Gasteiger charge is -2.23. The number of aldehydes is 1. The lowest BCUT2D eigenvalue weighted by Crippen LogP contribution is -2.47. The first-order chi connectivity index (χ1) is 26.5. The predicted octanol–water partition coefficient (Wildman–Crippen LogP) is 4.81. The number of carbonyl (C=O) groups excluding carboxylic acids is 6. The van der Waals surface area contributed by atoms with Gasteiger partial charge < -0.3 is 40.6 Å². The van der Waals surface area contributed by atoms with Crippen molar-refractivity contribution in [3.63, 3.8) is 0 Å². The highest BCUT2D eigenvalue weighted by Gasteiger charge is 2.34. The number of rotatable bonds is 9. The summed E-state index contributed by atoms with van der Waals surface area (Å²) < 4.78 is 6.35. The van der Waals surface area contributed by atoms with Gasteiger partial charge in [-0.1, -0.05) is 80.1 Å². The molecule has 4 N–H and O–H groups in total. The van der Waals surface area contributed by atoms with E-state index in [2.05, 4.69) is 44.8 Å². The first-order valence-electron chi connectivity index (χ1n) is 18.2. The second-order valence-electron chi connectivity index (χ2n) is 12.5. The first kappa shape index (κ1) is 43.6. The van der Waals surface area contributed by atoms with E-state index in [9.17, 15) is 28.8 Å². The maximum absolute atomic E-state index is 12.8. The van der Waals surface area contributed by atoms with Gasteiger partial charge in [0.25, 0.3) is 0 Å². The van der Waals surface area contributed by atoms with Gasteiger partial charge in [0.1, 0.15) is 18.9 Å². The molecule has 6 rings (SSSR count). The Labute approximate surface area is 325 Å². The minimum absolute atomic E-state index is 0.0142. The number of likely N-dealkylation sites (tertiary alicyclic amines) is 2. The number of hydrogen-bond donors (Lipinski definition) is 4. The fraction of sp³-hybridized carbons (Fsp3) is 0.410. The van der Waals surface area contributed by atoms with Crippen LogP contribution in [0.5, 0.6) is 0 Å². The maximum Gasteiger partial charge on any atom is 0.407 e. The zero-order chi connectivity index (χ0) is 40.2. The number of thiazole rings is 1. The first-order valence-corrected chi connectivity index (χ1v) is 19.0. The number of amides is 5. The van der Waals surface area contributed by atoms with Crippen molar-refractivity contribution in [2.75, 3.05) is 51.0 Å². The van der Waals surface area contributed by atoms with Crippen LogP contribution in [0.3, 0.4) is 0 Å². The van der Waals surface area contributed by atoms with Gasteiger partial charge in [0.05, 0.1) is 30.8 Å². The Bertz CT molecular complexity index is 1770. The molecule has 0 bridgehead atoms. The molecule has 4 aromatic rings. The highest BCUT2D eigenvalue weighted by Crippen LogP contribution is 2.30. The molecule has 15 nitrogen and oxygen atoms in total. The Balaban J connectivity index is 0.000000288. The van der Waals surface area contributed by atoms with Crippen LogP contribution in [0.15, 0.2) is 73.1 Å². The van der Waals surface area contributed by atoms with E-state index in [-0.39, 0.29) is 42.8 Å². The number of carbonyl (C=O) groups is 6. The van der Waals surface area contributed by atoms with Gasteiger partial charge in [0.15, 0.2) is 10.8 Å². The van der Waals surface area contributed by atoms with Crippen molar-refractivity contribution < 1.29 is 33.5 Å². The zero-order valence-corrected chi connectivity index (χ0v) is 32.9. The number of anilines is 2. The zero-order valence-electron chi connectivity index (χ0n) is 32.1. The van der Waals surface area contributed by atoms with E-state index in [1.54, 1.807) is 6.20 Å². The monoisotopic (exact) mass is 776 g/mol. The van der Waals surface area contributed by atoms with Crippen molar-refractivity contribution in [2.45, 2.75) is 65.0 Å². The van der Waals surface area contributed by atoms with Gasteiger partial charge in [-0.3, -0.25) is 23.6 Å². The molecule has 2 aliphatic rings. The van der Waals surface area contributed by atoms with Crippen molar-refractivity contribution in [3.8, 4) is 10.4 Å². The number of fused-ring (bicyclic) bond motifs is 1. The summed E-state index contributed by atoms with van der Waals surface area (Å²) in [6.45, 7) is 6.46. The standard InChI is InChI=1S/C21H24N6O4S.C9H14N2O3.C6H6.C3H8/c1-22-14-7-5-13(6-8-14)16-11-26-12-17(25-20(26)32-16)24-19(29)15-4-3-9-27(15)18(28)10-23-21(30)31-2;1-7(13)10-5-9(14)11-4-2-3-8(11)6-12;1-2-4-6-5-3-1;1-3-2/h5-8,11-12,15,22H,3-4,9-10H2,1-2H3,(H,23,30)(H,24,29);6,8H,2-5H2,1H3,(H,10,13);1-6H;3H2,1-2H3/t15-;8-;;/m00../s1. The summed E-state index contributed by atoms with van der Waals surface area (Å²) in [5.41, 5.74) is 2.13. The van der Waals surface area contributed by atoms with Gasteiger partial charge >= 0.3 is 6.09 Å². The number of alkyl carbamates (subject to hydrolysis) is 1. The van der Waals surface area contributed by atoms with Gasteiger partial charge in [-0.25, -0.2) is 9.78 Å². The third kappa shape index (κ3) is 13.9. The second kappa shape index (κ2) is 23.1. The Morgan fingerprint density at radius 1 is 0.873 bits per heavy atom. The summed E-state index contributed by atoms with van der Waals surface area (Å²) in [7, 11) is 3.11. The summed E-state index contributed by atoms with van der Waals surface area (Å²) in [6.07, 6.45) is 7.95. The molecule has 2 aliphatic heterocycles. The van der Waals surface area contributed by atoms with Crippen LogP contribution in [-0.4, -0.2) is 108 Å². The summed E-state index contributed by atoms with van der Waals surface area (Å²) in [6, 6.07) is 19.2. The molecule has 2 aromatic carbocycles. The number of hydrogen-bond acceptors (Lipinski definition) is 10. The summed E-state index contributed by atoms with van der Waals surface area (Å²) >= 11 is 1.52. The van der Waals surface area contributed by atoms with Crippen LogP contribution in [0.1, 0.15) is 52.9 Å². The molecule has 16 heteroatoms. The van der Waals surface area contributed by atoms with Crippen molar-refractivity contribution in [1.29, 1.82) is 0 Å². The number of aromatic nitrogens is 2. The normalized spacial score (nSPS) is 15.5. The van der Waals surface area contributed by atoms with Gasteiger partial charge in [-0.05, 0) is 43.4 Å². The van der Waals surface area contributed by atoms with Gasteiger partial charge in [0, 0.05) is 38.9 Å². The second-order valence-corrected chi connectivity index (χ2v) is 13.5. The van der Waals surface area contributed by atoms with Crippen LogP contribution >= 0.6 is 11.3 Å². The van der Waals surface area contributed by atoms with Gasteiger partial charge in [-0.15, -0.1) is 0 Å². The van der Waals surface area contributed by atoms with Crippen LogP contribution in [0.25, 0.3) is 15.4 Å². The Morgan fingerprint density at radius 3 is 2.02 bits per heavy atom. The van der Waals surface area contributed by atoms with E-state index in [4.69, 9.17) is 0 Å². The molecule has 2 aromatic heterocycles. The van der Waals surface area contributed by atoms with E-state index >= 15 is 0 Å². The molecule has 296 valence electrons. The number of ether oxygens (including phenoxy) is 1. The van der Waals surface area contributed by atoms with E-state index in [0.717, 1.165) is 46.6 Å². The topological polar surface area (TPSA) is 184 Å². The molecule has 0 saturated carbocycles. The van der Waals surface area contributed by atoms with Crippen LogP contribution < -0.4 is 21.3 Å². The van der Waals surface area contributed by atoms with Crippen molar-refractivity contribution in [1.82, 2.24) is 29.8 Å². The van der Waals surface area contributed by atoms with E-state index in [1.807, 2.05) is 78.3 Å². The van der Waals surface area contributed by atoms with Crippen LogP contribution in [0.2, 0.25) is 0 Å². The lowest BCUT2D eigenvalue weighted by molar-refractivity contribution is -0.135. The molecule has 0 radical (unpaired) electrons. The molecule has 55 heavy (non-hydrogen) atoms. The average Bonchev–Trinajstić information content (AvgIpc) is 4.02. The summed E-state index contributed by atoms with van der Waals surface area (Å²) in [5.74, 6) is -0.601. The molecule has 4 heterocycles. The highest BCUT2D eigenvalue weighted by atomic mass is 32.1. The van der Waals surface area contributed by atoms with Gasteiger partial charge in [-0.2, -0.15) is 0 Å². The van der Waals surface area contributed by atoms with Crippen molar-refractivity contribution >= 4 is 63.8 Å². The van der Waals surface area contributed by atoms with Crippen LogP contribution in [0, 0.1) is 0 Å². The minimum atomic E-state index is -0.686. The van der Waals surface area contributed by atoms with E-state index in [1.165, 1.54) is 41.6 Å². The molecular formula is C39H52N8O7S. The molecule has 2 fully saturated rings. The largest absolute Gasteiger partial charge is 0.453 e. The number of nitrogens with zero attached hydrogens (tertiary/aromatic N) is 4. The summed E-state index contributed by atoms with van der Waals surface area (Å²) in [5, 5.41) is 10.7. The highest BCUT2D eigenvalue weighted by molar-refractivity contribution is 7.20. The smallest absolute Gasteiger partial charge is 0.407 e. The average molecular weight is 777 g/mol. The number of benzene rings is 2. The SMILES string of the molecule is CC(=O)NCC(=O)N1CCC[C@H]1C=O.CCC.CNc1ccc(-c2cn3cc(NC(=O)[C@@H]4CCCN4C(=O)CNC(=O)OC)nc3s2)cc1.c1ccccc1. The quantitative estimate of drug-likeness (QED) is 0.174. The third-order valence-corrected chi connectivity index (χ3v) is 9.29. The Morgan fingerprint density at radius 2 is 1.45 bits per heavy atom. The molecule has 0 spiro atoms. The van der Waals surface area contributed by atoms with Crippen molar-refractivity contribution in [2.24, 2.45) is 0 Å².